The Hall–Kier alpha value is -2.11. The van der Waals surface area contributed by atoms with Crippen LogP contribution in [0.2, 0.25) is 0 Å². The zero-order chi connectivity index (χ0) is 15.4. The van der Waals surface area contributed by atoms with E-state index >= 15 is 0 Å². The smallest absolute Gasteiger partial charge is 0.152 e. The van der Waals surface area contributed by atoms with Gasteiger partial charge in [0, 0.05) is 12.0 Å². The first-order valence-electron chi connectivity index (χ1n) is 8.41. The minimum atomic E-state index is -0.234. The van der Waals surface area contributed by atoms with E-state index in [2.05, 4.69) is 14.8 Å². The molecule has 0 spiro atoms. The minimum absolute atomic E-state index is 0.234. The van der Waals surface area contributed by atoms with Gasteiger partial charge in [-0.3, -0.25) is 0 Å². The molecule has 2 heterocycles. The van der Waals surface area contributed by atoms with Crippen LogP contribution in [-0.2, 0) is 6.54 Å². The van der Waals surface area contributed by atoms with Crippen LogP contribution in [0.1, 0.15) is 49.3 Å². The second-order valence-corrected chi connectivity index (χ2v) is 6.71. The van der Waals surface area contributed by atoms with E-state index in [4.69, 9.17) is 4.74 Å². The maximum absolute atomic E-state index is 14.3. The lowest BCUT2D eigenvalue weighted by molar-refractivity contribution is 0.302. The number of fused-ring (bicyclic) bond motifs is 1. The van der Waals surface area contributed by atoms with Gasteiger partial charge in [0.05, 0.1) is 13.1 Å². The van der Waals surface area contributed by atoms with Crippen molar-refractivity contribution >= 4 is 5.69 Å². The number of hydrogen-bond acceptors (Lipinski definition) is 4. The van der Waals surface area contributed by atoms with E-state index in [1.165, 1.54) is 31.7 Å². The molecule has 3 aliphatic rings. The van der Waals surface area contributed by atoms with Crippen molar-refractivity contribution in [3.05, 3.63) is 35.7 Å². The fourth-order valence-corrected chi connectivity index (χ4v) is 3.42. The number of aromatic nitrogens is 3. The summed E-state index contributed by atoms with van der Waals surface area (Å²) in [5, 5.41) is 8.89. The van der Waals surface area contributed by atoms with Gasteiger partial charge in [-0.15, -0.1) is 10.2 Å². The number of nitrogens with zero attached hydrogens (tertiary/aromatic N) is 4. The van der Waals surface area contributed by atoms with Crippen molar-refractivity contribution in [2.45, 2.75) is 44.2 Å². The Morgan fingerprint density at radius 3 is 2.83 bits per heavy atom. The molecular weight excluding hydrogens is 295 g/mol. The molecular formula is C17H19FN4O. The summed E-state index contributed by atoms with van der Waals surface area (Å²) in [5.41, 5.74) is 0.553. The normalized spacial score (nSPS) is 20.3. The largest absolute Gasteiger partial charge is 0.489 e. The standard InChI is InChI=1S/C17H19FN4O/c18-13-2-1-3-14-16(13)21(8-9-23-14)10-15-19-20-17(11-4-5-11)22(15)12-6-7-12/h1-3,11-12H,4-10H2. The van der Waals surface area contributed by atoms with E-state index in [0.717, 1.165) is 11.6 Å². The zero-order valence-electron chi connectivity index (χ0n) is 12.9. The Bertz CT molecular complexity index is 751. The molecule has 0 atom stereocenters. The van der Waals surface area contributed by atoms with E-state index < -0.39 is 0 Å². The summed E-state index contributed by atoms with van der Waals surface area (Å²) in [4.78, 5) is 2.04. The van der Waals surface area contributed by atoms with E-state index in [-0.39, 0.29) is 5.82 Å². The van der Waals surface area contributed by atoms with Crippen molar-refractivity contribution < 1.29 is 9.13 Å². The summed E-state index contributed by atoms with van der Waals surface area (Å²) < 4.78 is 22.2. The van der Waals surface area contributed by atoms with Crippen LogP contribution in [0.5, 0.6) is 5.75 Å². The average molecular weight is 314 g/mol. The van der Waals surface area contributed by atoms with Gasteiger partial charge < -0.3 is 14.2 Å². The lowest BCUT2D eigenvalue weighted by atomic mass is 10.2. The first-order chi connectivity index (χ1) is 11.3. The summed E-state index contributed by atoms with van der Waals surface area (Å²) in [6.45, 7) is 1.83. The minimum Gasteiger partial charge on any atom is -0.489 e. The Morgan fingerprint density at radius 2 is 2.04 bits per heavy atom. The maximum atomic E-state index is 14.3. The van der Waals surface area contributed by atoms with Gasteiger partial charge in [0.2, 0.25) is 0 Å². The van der Waals surface area contributed by atoms with E-state index in [1.54, 1.807) is 6.07 Å². The highest BCUT2D eigenvalue weighted by atomic mass is 19.1. The topological polar surface area (TPSA) is 43.2 Å². The molecule has 2 saturated carbocycles. The van der Waals surface area contributed by atoms with Gasteiger partial charge in [0.25, 0.3) is 0 Å². The molecule has 0 N–H and O–H groups in total. The number of para-hydroxylation sites is 1. The molecule has 2 aromatic rings. The second kappa shape index (κ2) is 4.94. The van der Waals surface area contributed by atoms with Gasteiger partial charge in [-0.05, 0) is 37.8 Å². The molecule has 1 aliphatic heterocycles. The maximum Gasteiger partial charge on any atom is 0.152 e. The Labute approximate surface area is 134 Å². The fraction of sp³-hybridized carbons (Fsp3) is 0.529. The van der Waals surface area contributed by atoms with Crippen molar-refractivity contribution in [3.8, 4) is 5.75 Å². The molecule has 1 aromatic heterocycles. The lowest BCUT2D eigenvalue weighted by Gasteiger charge is -2.31. The van der Waals surface area contributed by atoms with Gasteiger partial charge >= 0.3 is 0 Å². The van der Waals surface area contributed by atoms with Crippen molar-refractivity contribution in [2.24, 2.45) is 0 Å². The molecule has 2 fully saturated rings. The lowest BCUT2D eigenvalue weighted by Crippen LogP contribution is -2.34. The average Bonchev–Trinajstić information content (AvgIpc) is 3.47. The van der Waals surface area contributed by atoms with Gasteiger partial charge in [0.15, 0.2) is 5.82 Å². The van der Waals surface area contributed by atoms with Crippen LogP contribution in [-0.4, -0.2) is 27.9 Å². The van der Waals surface area contributed by atoms with Crippen molar-refractivity contribution in [2.75, 3.05) is 18.1 Å². The van der Waals surface area contributed by atoms with Crippen molar-refractivity contribution in [1.82, 2.24) is 14.8 Å². The third-order valence-corrected chi connectivity index (χ3v) is 4.86. The Kier molecular flexibility index (Phi) is 2.87. The monoisotopic (exact) mass is 314 g/mol. The highest BCUT2D eigenvalue weighted by Gasteiger charge is 2.37. The zero-order valence-corrected chi connectivity index (χ0v) is 12.9. The molecule has 5 nitrogen and oxygen atoms in total. The molecule has 2 aliphatic carbocycles. The van der Waals surface area contributed by atoms with Crippen molar-refractivity contribution in [3.63, 3.8) is 0 Å². The molecule has 0 saturated heterocycles. The molecule has 0 unspecified atom stereocenters. The van der Waals surface area contributed by atoms with E-state index in [0.29, 0.717) is 43.1 Å². The number of rotatable bonds is 4. The molecule has 6 heteroatoms. The molecule has 120 valence electrons. The van der Waals surface area contributed by atoms with E-state index in [9.17, 15) is 4.39 Å². The number of benzene rings is 1. The third kappa shape index (κ3) is 2.28. The van der Waals surface area contributed by atoms with E-state index in [1.807, 2.05) is 11.0 Å². The van der Waals surface area contributed by atoms with Gasteiger partial charge in [-0.25, -0.2) is 4.39 Å². The van der Waals surface area contributed by atoms with Crippen LogP contribution in [0.4, 0.5) is 10.1 Å². The highest BCUT2D eigenvalue weighted by molar-refractivity contribution is 5.60. The predicted octanol–water partition coefficient (Wildman–Crippen LogP) is 3.03. The number of anilines is 1. The summed E-state index contributed by atoms with van der Waals surface area (Å²) in [5.74, 6) is 3.08. The first kappa shape index (κ1) is 13.3. The van der Waals surface area contributed by atoms with Crippen LogP contribution >= 0.6 is 0 Å². The first-order valence-corrected chi connectivity index (χ1v) is 8.41. The summed E-state index contributed by atoms with van der Waals surface area (Å²) >= 11 is 0. The van der Waals surface area contributed by atoms with Crippen LogP contribution in [0.15, 0.2) is 18.2 Å². The molecule has 0 amide bonds. The van der Waals surface area contributed by atoms with Gasteiger partial charge in [0.1, 0.15) is 29.7 Å². The Balaban J connectivity index is 1.49. The predicted molar refractivity (Wildman–Crippen MR) is 83.2 cm³/mol. The van der Waals surface area contributed by atoms with Gasteiger partial charge in [-0.2, -0.15) is 0 Å². The number of halogens is 1. The van der Waals surface area contributed by atoms with Crippen LogP contribution in [0.3, 0.4) is 0 Å². The highest BCUT2D eigenvalue weighted by Crippen LogP contribution is 2.45. The summed E-state index contributed by atoms with van der Waals surface area (Å²) in [6.07, 6.45) is 4.86. The van der Waals surface area contributed by atoms with Gasteiger partial charge in [-0.1, -0.05) is 6.07 Å². The number of hydrogen-bond donors (Lipinski definition) is 0. The fourth-order valence-electron chi connectivity index (χ4n) is 3.42. The second-order valence-electron chi connectivity index (χ2n) is 6.71. The Morgan fingerprint density at radius 1 is 1.17 bits per heavy atom. The van der Waals surface area contributed by atoms with Crippen LogP contribution < -0.4 is 9.64 Å². The summed E-state index contributed by atoms with van der Waals surface area (Å²) in [7, 11) is 0. The third-order valence-electron chi connectivity index (χ3n) is 4.86. The molecule has 5 rings (SSSR count). The van der Waals surface area contributed by atoms with Crippen LogP contribution in [0.25, 0.3) is 0 Å². The molecule has 0 bridgehead atoms. The summed E-state index contributed by atoms with van der Waals surface area (Å²) in [6, 6.07) is 5.56. The molecule has 23 heavy (non-hydrogen) atoms. The molecule has 1 aromatic carbocycles. The quantitative estimate of drug-likeness (QED) is 0.870. The van der Waals surface area contributed by atoms with Crippen LogP contribution in [0, 0.1) is 5.82 Å². The number of ether oxygens (including phenoxy) is 1. The van der Waals surface area contributed by atoms with Crippen molar-refractivity contribution in [1.29, 1.82) is 0 Å². The molecule has 0 radical (unpaired) electrons. The SMILES string of the molecule is Fc1cccc2c1N(Cc1nnc(C3CC3)n1C1CC1)CCO2.